The van der Waals surface area contributed by atoms with E-state index < -0.39 is 48.1 Å². The van der Waals surface area contributed by atoms with Gasteiger partial charge in [0.05, 0.1) is 28.8 Å². The molecule has 2 aromatic rings. The van der Waals surface area contributed by atoms with Gasteiger partial charge in [-0.25, -0.2) is 16.8 Å². The van der Waals surface area contributed by atoms with Crippen LogP contribution in [0.25, 0.3) is 0 Å². The maximum atomic E-state index is 12.0. The summed E-state index contributed by atoms with van der Waals surface area (Å²) in [5.74, 6) is -2.10. The lowest BCUT2D eigenvalue weighted by Crippen LogP contribution is -2.22. The number of hydrogen-bond donors (Lipinski definition) is 4. The molecule has 0 unspecified atom stereocenters. The molecule has 0 heterocycles. The Morgan fingerprint density at radius 3 is 1.97 bits per heavy atom. The number of benzene rings is 2. The molecule has 0 amide bonds. The standard InChI is InChI=1S/C16H20N2O8S3/c19-8-9-27(20,21)16-3-1-2-15(12-16)17-13-4-6-14(7-5-13)18-28(22,23)10-11-29(24,25)26/h1-7,12,17-19H,8-11H2,(H,24,25,26). The Morgan fingerprint density at radius 1 is 0.759 bits per heavy atom. The Balaban J connectivity index is 2.08. The van der Waals surface area contributed by atoms with Crippen molar-refractivity contribution in [2.75, 3.05) is 33.9 Å². The average Bonchev–Trinajstić information content (AvgIpc) is 2.61. The fourth-order valence-corrected chi connectivity index (χ4v) is 5.63. The molecule has 0 saturated heterocycles. The molecule has 0 fully saturated rings. The summed E-state index contributed by atoms with van der Waals surface area (Å²) < 4.78 is 79.9. The van der Waals surface area contributed by atoms with Crippen LogP contribution in [0.2, 0.25) is 0 Å². The minimum absolute atomic E-state index is 0.0553. The molecular weight excluding hydrogens is 444 g/mol. The summed E-state index contributed by atoms with van der Waals surface area (Å²) in [7, 11) is -12.0. The second-order valence-corrected chi connectivity index (χ2v) is 11.5. The van der Waals surface area contributed by atoms with E-state index in [4.69, 9.17) is 9.66 Å². The fourth-order valence-electron chi connectivity index (χ4n) is 2.24. The van der Waals surface area contributed by atoms with Crippen molar-refractivity contribution in [3.8, 4) is 0 Å². The maximum absolute atomic E-state index is 12.0. The molecule has 0 aliphatic heterocycles. The van der Waals surface area contributed by atoms with E-state index in [2.05, 4.69) is 10.0 Å². The van der Waals surface area contributed by atoms with Gasteiger partial charge in [0, 0.05) is 17.1 Å². The summed E-state index contributed by atoms with van der Waals surface area (Å²) in [6, 6.07) is 12.0. The van der Waals surface area contributed by atoms with Crippen LogP contribution >= 0.6 is 0 Å². The van der Waals surface area contributed by atoms with Crippen LogP contribution in [0.5, 0.6) is 0 Å². The molecule has 13 heteroatoms. The van der Waals surface area contributed by atoms with Crippen LogP contribution in [0, 0.1) is 0 Å². The molecule has 0 aliphatic carbocycles. The van der Waals surface area contributed by atoms with Crippen LogP contribution in [0.1, 0.15) is 0 Å². The topological polar surface area (TPSA) is 167 Å². The molecule has 0 atom stereocenters. The zero-order valence-electron chi connectivity index (χ0n) is 15.0. The van der Waals surface area contributed by atoms with E-state index in [0.29, 0.717) is 11.4 Å². The van der Waals surface area contributed by atoms with Gasteiger partial charge in [0.2, 0.25) is 10.0 Å². The van der Waals surface area contributed by atoms with E-state index >= 15 is 0 Å². The highest BCUT2D eigenvalue weighted by atomic mass is 32.2. The van der Waals surface area contributed by atoms with Gasteiger partial charge >= 0.3 is 0 Å². The van der Waals surface area contributed by atoms with Gasteiger partial charge < -0.3 is 10.4 Å². The van der Waals surface area contributed by atoms with Crippen LogP contribution in [-0.2, 0) is 30.0 Å². The van der Waals surface area contributed by atoms with Crippen LogP contribution < -0.4 is 10.0 Å². The predicted octanol–water partition coefficient (Wildman–Crippen LogP) is 0.826. The predicted molar refractivity (Wildman–Crippen MR) is 109 cm³/mol. The molecule has 0 bridgehead atoms. The van der Waals surface area contributed by atoms with Crippen LogP contribution in [0.3, 0.4) is 0 Å². The van der Waals surface area contributed by atoms with E-state index in [9.17, 15) is 25.3 Å². The minimum atomic E-state index is -4.39. The van der Waals surface area contributed by atoms with Crippen molar-refractivity contribution >= 4 is 47.0 Å². The Bertz CT molecular complexity index is 1160. The first-order valence-corrected chi connectivity index (χ1v) is 13.1. The lowest BCUT2D eigenvalue weighted by molar-refractivity contribution is 0.319. The third-order valence-corrected chi connectivity index (χ3v) is 7.57. The Kier molecular flexibility index (Phi) is 7.24. The largest absolute Gasteiger partial charge is 0.395 e. The van der Waals surface area contributed by atoms with Gasteiger partial charge in [0.25, 0.3) is 10.1 Å². The van der Waals surface area contributed by atoms with Gasteiger partial charge in [-0.2, -0.15) is 8.42 Å². The van der Waals surface area contributed by atoms with E-state index in [1.54, 1.807) is 12.1 Å². The number of hydrogen-bond acceptors (Lipinski definition) is 8. The highest BCUT2D eigenvalue weighted by Crippen LogP contribution is 2.22. The fraction of sp³-hybridized carbons (Fsp3) is 0.250. The quantitative estimate of drug-likeness (QED) is 0.372. The molecule has 2 rings (SSSR count). The van der Waals surface area contributed by atoms with Gasteiger partial charge in [-0.05, 0) is 42.5 Å². The lowest BCUT2D eigenvalue weighted by atomic mass is 10.2. The molecule has 0 saturated carbocycles. The molecular formula is C16H20N2O8S3. The summed E-state index contributed by atoms with van der Waals surface area (Å²) in [6.45, 7) is -0.485. The first kappa shape index (κ1) is 23.1. The van der Waals surface area contributed by atoms with Gasteiger partial charge in [-0.1, -0.05) is 6.07 Å². The van der Waals surface area contributed by atoms with Crippen molar-refractivity contribution in [3.05, 3.63) is 48.5 Å². The van der Waals surface area contributed by atoms with Crippen molar-refractivity contribution in [1.29, 1.82) is 0 Å². The monoisotopic (exact) mass is 464 g/mol. The van der Waals surface area contributed by atoms with E-state index in [0.717, 1.165) is 0 Å². The van der Waals surface area contributed by atoms with Crippen molar-refractivity contribution in [2.45, 2.75) is 4.90 Å². The summed E-state index contributed by atoms with van der Waals surface area (Å²) in [5.41, 5.74) is 1.21. The lowest BCUT2D eigenvalue weighted by Gasteiger charge is -2.11. The maximum Gasteiger partial charge on any atom is 0.265 e. The normalized spacial score (nSPS) is 12.5. The summed E-state index contributed by atoms with van der Waals surface area (Å²) in [4.78, 5) is 0.0553. The smallest absolute Gasteiger partial charge is 0.265 e. The third kappa shape index (κ3) is 7.62. The van der Waals surface area contributed by atoms with Crippen LogP contribution in [-0.4, -0.2) is 58.8 Å². The number of aliphatic hydroxyl groups excluding tert-OH is 1. The zero-order chi connectivity index (χ0) is 21.7. The van der Waals surface area contributed by atoms with Crippen LogP contribution in [0.15, 0.2) is 53.4 Å². The molecule has 10 nitrogen and oxygen atoms in total. The molecule has 2 aromatic carbocycles. The molecule has 0 radical (unpaired) electrons. The number of sulfone groups is 1. The molecule has 160 valence electrons. The summed E-state index contributed by atoms with van der Waals surface area (Å²) in [5, 5.41) is 11.8. The first-order chi connectivity index (χ1) is 13.4. The minimum Gasteiger partial charge on any atom is -0.395 e. The highest BCUT2D eigenvalue weighted by Gasteiger charge is 2.16. The first-order valence-electron chi connectivity index (χ1n) is 8.17. The Hall–Kier alpha value is -2.19. The SMILES string of the molecule is O=S(=O)(O)CCS(=O)(=O)Nc1ccc(Nc2cccc(S(=O)(=O)CCO)c2)cc1. The van der Waals surface area contributed by atoms with Gasteiger partial charge in [-0.15, -0.1) is 0 Å². The van der Waals surface area contributed by atoms with Gasteiger partial charge in [-0.3, -0.25) is 9.27 Å². The summed E-state index contributed by atoms with van der Waals surface area (Å²) in [6.07, 6.45) is 0. The van der Waals surface area contributed by atoms with Crippen molar-refractivity contribution in [1.82, 2.24) is 0 Å². The Morgan fingerprint density at radius 2 is 1.38 bits per heavy atom. The van der Waals surface area contributed by atoms with E-state index in [1.165, 1.54) is 36.4 Å². The molecule has 29 heavy (non-hydrogen) atoms. The van der Waals surface area contributed by atoms with Crippen molar-refractivity contribution in [2.24, 2.45) is 0 Å². The second-order valence-electron chi connectivity index (χ2n) is 5.98. The van der Waals surface area contributed by atoms with E-state index in [-0.39, 0.29) is 16.3 Å². The average molecular weight is 465 g/mol. The number of anilines is 3. The zero-order valence-corrected chi connectivity index (χ0v) is 17.5. The van der Waals surface area contributed by atoms with Crippen LogP contribution in [0.4, 0.5) is 17.1 Å². The molecule has 0 spiro atoms. The second kappa shape index (κ2) is 9.09. The van der Waals surface area contributed by atoms with Gasteiger partial charge in [0.15, 0.2) is 9.84 Å². The van der Waals surface area contributed by atoms with E-state index in [1.807, 2.05) is 0 Å². The van der Waals surface area contributed by atoms with Crippen molar-refractivity contribution < 1.29 is 34.9 Å². The van der Waals surface area contributed by atoms with Crippen molar-refractivity contribution in [3.63, 3.8) is 0 Å². The number of aliphatic hydroxyl groups is 1. The highest BCUT2D eigenvalue weighted by molar-refractivity contribution is 7.94. The molecule has 4 N–H and O–H groups in total. The Labute approximate surface area is 169 Å². The number of sulfonamides is 1. The molecule has 0 aromatic heterocycles. The van der Waals surface area contributed by atoms with Gasteiger partial charge in [0.1, 0.15) is 0 Å². The summed E-state index contributed by atoms with van der Waals surface area (Å²) >= 11 is 0. The number of rotatable bonds is 10. The molecule has 0 aliphatic rings. The third-order valence-electron chi connectivity index (χ3n) is 3.61. The number of nitrogens with one attached hydrogen (secondary N) is 2.